The van der Waals surface area contributed by atoms with E-state index in [0.717, 1.165) is 11.6 Å². The van der Waals surface area contributed by atoms with Crippen LogP contribution in [0, 0.1) is 11.8 Å². The summed E-state index contributed by atoms with van der Waals surface area (Å²) in [5.41, 5.74) is 1.21. The molecule has 0 radical (unpaired) electrons. The number of carbonyl (C=O) groups excluding carboxylic acids is 1. The molecule has 2 aromatic rings. The minimum absolute atomic E-state index is 0.000979. The lowest BCUT2D eigenvalue weighted by molar-refractivity contribution is 0.177. The molecular weight excluding hydrogens is 366 g/mol. The monoisotopic (exact) mass is 397 g/mol. The van der Waals surface area contributed by atoms with E-state index in [1.807, 2.05) is 12.1 Å². The maximum absolute atomic E-state index is 12.2. The molecule has 0 aliphatic carbocycles. The highest BCUT2D eigenvalue weighted by molar-refractivity contribution is 5.89. The van der Waals surface area contributed by atoms with E-state index in [2.05, 4.69) is 56.7 Å². The number of hydrogen-bond acceptors (Lipinski definition) is 5. The molecule has 1 aromatic heterocycles. The summed E-state index contributed by atoms with van der Waals surface area (Å²) in [5.74, 6) is 3.26. The Kier molecular flexibility index (Phi) is 6.72. The number of amides is 1. The van der Waals surface area contributed by atoms with Gasteiger partial charge in [0.25, 0.3) is 0 Å². The van der Waals surface area contributed by atoms with Gasteiger partial charge in [-0.3, -0.25) is 4.90 Å². The predicted octanol–water partition coefficient (Wildman–Crippen LogP) is 4.84. The van der Waals surface area contributed by atoms with Gasteiger partial charge in [0.05, 0.1) is 12.6 Å². The molecule has 0 saturated carbocycles. The predicted molar refractivity (Wildman–Crippen MR) is 113 cm³/mol. The number of anilines is 1. The van der Waals surface area contributed by atoms with Gasteiger partial charge in [0, 0.05) is 12.6 Å². The minimum atomic E-state index is -0.335. The van der Waals surface area contributed by atoms with E-state index in [9.17, 15) is 4.79 Å². The average Bonchev–Trinajstić information content (AvgIpc) is 3.08. The van der Waals surface area contributed by atoms with E-state index in [1.165, 1.54) is 5.56 Å². The van der Waals surface area contributed by atoms with E-state index in [1.54, 1.807) is 17.2 Å². The summed E-state index contributed by atoms with van der Waals surface area (Å²) in [6, 6.07) is 9.99. The van der Waals surface area contributed by atoms with E-state index < -0.39 is 0 Å². The molecule has 3 rings (SSSR count). The lowest BCUT2D eigenvalue weighted by atomic mass is 9.97. The van der Waals surface area contributed by atoms with Crippen LogP contribution in [-0.4, -0.2) is 35.3 Å². The number of cyclic esters (lactones) is 1. The SMILES string of the molecule is CC(C)COc1ccc([C@H](C)Cc2nccc(N3C(=O)OC[C@@H]3C(C)C)n2)cc1. The van der Waals surface area contributed by atoms with Crippen molar-refractivity contribution in [3.8, 4) is 5.75 Å². The highest BCUT2D eigenvalue weighted by Gasteiger charge is 2.37. The zero-order chi connectivity index (χ0) is 21.0. The van der Waals surface area contributed by atoms with Crippen LogP contribution < -0.4 is 9.64 Å². The van der Waals surface area contributed by atoms with Gasteiger partial charge in [0.15, 0.2) is 0 Å². The lowest BCUT2D eigenvalue weighted by Gasteiger charge is -2.23. The first-order valence-electron chi connectivity index (χ1n) is 10.4. The Balaban J connectivity index is 1.69. The summed E-state index contributed by atoms with van der Waals surface area (Å²) in [6.45, 7) is 11.7. The Bertz CT molecular complexity index is 820. The summed E-state index contributed by atoms with van der Waals surface area (Å²) < 4.78 is 11.0. The maximum atomic E-state index is 12.2. The first-order chi connectivity index (χ1) is 13.8. The zero-order valence-corrected chi connectivity index (χ0v) is 18.0. The largest absolute Gasteiger partial charge is 0.493 e. The molecule has 1 aliphatic heterocycles. The van der Waals surface area contributed by atoms with E-state index >= 15 is 0 Å². The van der Waals surface area contributed by atoms with E-state index in [0.29, 0.717) is 31.4 Å². The number of benzene rings is 1. The van der Waals surface area contributed by atoms with E-state index in [-0.39, 0.29) is 24.0 Å². The Labute approximate surface area is 173 Å². The van der Waals surface area contributed by atoms with Crippen molar-refractivity contribution in [3.63, 3.8) is 0 Å². The number of hydrogen-bond donors (Lipinski definition) is 0. The first-order valence-corrected chi connectivity index (χ1v) is 10.4. The number of rotatable bonds is 8. The highest BCUT2D eigenvalue weighted by atomic mass is 16.6. The number of carbonyl (C=O) groups is 1. The van der Waals surface area contributed by atoms with E-state index in [4.69, 9.17) is 9.47 Å². The fourth-order valence-electron chi connectivity index (χ4n) is 3.36. The van der Waals surface area contributed by atoms with Crippen molar-refractivity contribution >= 4 is 11.9 Å². The van der Waals surface area contributed by atoms with Gasteiger partial charge in [-0.1, -0.05) is 46.8 Å². The minimum Gasteiger partial charge on any atom is -0.493 e. The Morgan fingerprint density at radius 2 is 1.86 bits per heavy atom. The van der Waals surface area contributed by atoms with Crippen LogP contribution in [0.15, 0.2) is 36.5 Å². The molecule has 0 N–H and O–H groups in total. The summed E-state index contributed by atoms with van der Waals surface area (Å²) in [7, 11) is 0. The number of aromatic nitrogens is 2. The average molecular weight is 398 g/mol. The van der Waals surface area contributed by atoms with Crippen molar-refractivity contribution in [2.75, 3.05) is 18.1 Å². The van der Waals surface area contributed by atoms with Gasteiger partial charge in [0.1, 0.15) is 24.0 Å². The second-order valence-electron chi connectivity index (χ2n) is 8.47. The van der Waals surface area contributed by atoms with Crippen LogP contribution in [0.2, 0.25) is 0 Å². The molecule has 1 aromatic carbocycles. The van der Waals surface area contributed by atoms with Crippen molar-refractivity contribution in [1.82, 2.24) is 9.97 Å². The molecule has 1 saturated heterocycles. The second kappa shape index (κ2) is 9.25. The Morgan fingerprint density at radius 1 is 1.14 bits per heavy atom. The molecule has 6 nitrogen and oxygen atoms in total. The van der Waals surface area contributed by atoms with Crippen molar-refractivity contribution in [1.29, 1.82) is 0 Å². The normalized spacial score (nSPS) is 17.7. The third-order valence-corrected chi connectivity index (χ3v) is 5.13. The van der Waals surface area contributed by atoms with Crippen LogP contribution in [0.3, 0.4) is 0 Å². The fraction of sp³-hybridized carbons (Fsp3) is 0.522. The van der Waals surface area contributed by atoms with Gasteiger partial charge < -0.3 is 9.47 Å². The summed E-state index contributed by atoms with van der Waals surface area (Å²) in [4.78, 5) is 22.9. The summed E-state index contributed by atoms with van der Waals surface area (Å²) >= 11 is 0. The molecule has 2 atom stereocenters. The standard InChI is InChI=1S/C23H31N3O3/c1-15(2)13-28-19-8-6-18(7-9-19)17(5)12-21-24-11-10-22(25-21)26-20(16(3)4)14-29-23(26)27/h6-11,15-17,20H,12-14H2,1-5H3/t17-,20-/m1/s1. The topological polar surface area (TPSA) is 64.5 Å². The van der Waals surface area contributed by atoms with Crippen LogP contribution in [0.1, 0.15) is 51.9 Å². The van der Waals surface area contributed by atoms with Crippen molar-refractivity contribution < 1.29 is 14.3 Å². The number of nitrogens with zero attached hydrogens (tertiary/aromatic N) is 3. The molecule has 6 heteroatoms. The van der Waals surface area contributed by atoms with Gasteiger partial charge in [-0.15, -0.1) is 0 Å². The molecule has 1 aliphatic rings. The van der Waals surface area contributed by atoms with Crippen LogP contribution in [0.25, 0.3) is 0 Å². The third kappa shape index (κ3) is 5.25. The highest BCUT2D eigenvalue weighted by Crippen LogP contribution is 2.27. The van der Waals surface area contributed by atoms with Crippen LogP contribution in [0.5, 0.6) is 5.75 Å². The van der Waals surface area contributed by atoms with Gasteiger partial charge >= 0.3 is 6.09 Å². The molecule has 0 unspecified atom stereocenters. The smallest absolute Gasteiger partial charge is 0.415 e. The summed E-state index contributed by atoms with van der Waals surface area (Å²) in [5, 5.41) is 0. The third-order valence-electron chi connectivity index (χ3n) is 5.13. The second-order valence-corrected chi connectivity index (χ2v) is 8.47. The van der Waals surface area contributed by atoms with Gasteiger partial charge in [-0.05, 0) is 41.5 Å². The molecule has 29 heavy (non-hydrogen) atoms. The van der Waals surface area contributed by atoms with Crippen molar-refractivity contribution in [2.45, 2.75) is 53.0 Å². The molecular formula is C23H31N3O3. The number of ether oxygens (including phenoxy) is 2. The quantitative estimate of drug-likeness (QED) is 0.638. The molecule has 2 heterocycles. The Morgan fingerprint density at radius 3 is 2.52 bits per heavy atom. The summed E-state index contributed by atoms with van der Waals surface area (Å²) in [6.07, 6.45) is 2.07. The van der Waals surface area contributed by atoms with Gasteiger partial charge in [-0.2, -0.15) is 0 Å². The van der Waals surface area contributed by atoms with Crippen LogP contribution >= 0.6 is 0 Å². The molecule has 1 fully saturated rings. The fourth-order valence-corrected chi connectivity index (χ4v) is 3.36. The lowest BCUT2D eigenvalue weighted by Crippen LogP contribution is -2.37. The zero-order valence-electron chi connectivity index (χ0n) is 18.0. The molecule has 0 bridgehead atoms. The molecule has 156 valence electrons. The van der Waals surface area contributed by atoms with Crippen LogP contribution in [0.4, 0.5) is 10.6 Å². The van der Waals surface area contributed by atoms with Crippen LogP contribution in [-0.2, 0) is 11.2 Å². The first kappa shape index (κ1) is 21.1. The molecule has 1 amide bonds. The maximum Gasteiger partial charge on any atom is 0.415 e. The van der Waals surface area contributed by atoms with Gasteiger partial charge in [0.2, 0.25) is 0 Å². The van der Waals surface area contributed by atoms with Gasteiger partial charge in [-0.25, -0.2) is 14.8 Å². The van der Waals surface area contributed by atoms with Crippen molar-refractivity contribution in [2.24, 2.45) is 11.8 Å². The Hall–Kier alpha value is -2.63. The van der Waals surface area contributed by atoms with Crippen molar-refractivity contribution in [3.05, 3.63) is 47.9 Å². The molecule has 0 spiro atoms.